The normalized spacial score (nSPS) is 10.9. The number of halogens is 1. The Hall–Kier alpha value is -1.97. The van der Waals surface area contributed by atoms with Gasteiger partial charge in [-0.05, 0) is 44.4 Å². The molecule has 0 amide bonds. The molecule has 28 heavy (non-hydrogen) atoms. The lowest BCUT2D eigenvalue weighted by Crippen LogP contribution is -2.37. The number of guanidine groups is 1. The minimum absolute atomic E-state index is 0. The lowest BCUT2D eigenvalue weighted by molar-refractivity contribution is 0.310. The first-order valence-corrected chi connectivity index (χ1v) is 9.45. The zero-order chi connectivity index (χ0) is 19.5. The van der Waals surface area contributed by atoms with E-state index in [1.165, 1.54) is 5.56 Å². The highest BCUT2D eigenvalue weighted by atomic mass is 127. The molecule has 8 heteroatoms. The van der Waals surface area contributed by atoms with Crippen molar-refractivity contribution in [3.05, 3.63) is 41.7 Å². The lowest BCUT2D eigenvalue weighted by Gasteiger charge is -2.12. The number of methoxy groups -OCH3 is 1. The Bertz CT molecular complexity index is 733. The van der Waals surface area contributed by atoms with Crippen molar-refractivity contribution in [2.24, 2.45) is 12.0 Å². The summed E-state index contributed by atoms with van der Waals surface area (Å²) in [5.41, 5.74) is 2.33. The maximum atomic E-state index is 5.64. The molecule has 0 unspecified atom stereocenters. The SMILES string of the molecule is CCNC(=NCc1cnn(C)c1)NCCCc1ccc(OC)c(OCC)c1.I. The topological polar surface area (TPSA) is 72.7 Å². The van der Waals surface area contributed by atoms with Gasteiger partial charge in [0.05, 0.1) is 26.5 Å². The van der Waals surface area contributed by atoms with Gasteiger partial charge in [-0.15, -0.1) is 24.0 Å². The molecule has 1 aromatic heterocycles. The van der Waals surface area contributed by atoms with Crippen molar-refractivity contribution in [2.75, 3.05) is 26.8 Å². The number of nitrogens with zero attached hydrogens (tertiary/aromatic N) is 3. The number of aryl methyl sites for hydroxylation is 2. The standard InChI is InChI=1S/C20H31N5O2.HI/c1-5-21-20(23-13-17-14-24-25(3)15-17)22-11-7-8-16-9-10-18(26-4)19(12-16)27-6-2;/h9-10,12,14-15H,5-8,11,13H2,1-4H3,(H2,21,22,23);1H. The summed E-state index contributed by atoms with van der Waals surface area (Å²) >= 11 is 0. The maximum Gasteiger partial charge on any atom is 0.191 e. The van der Waals surface area contributed by atoms with Crippen LogP contribution in [0.5, 0.6) is 11.5 Å². The fraction of sp³-hybridized carbons (Fsp3) is 0.500. The summed E-state index contributed by atoms with van der Waals surface area (Å²) < 4.78 is 12.8. The van der Waals surface area contributed by atoms with E-state index in [4.69, 9.17) is 9.47 Å². The Labute approximate surface area is 184 Å². The van der Waals surface area contributed by atoms with Crippen molar-refractivity contribution in [3.63, 3.8) is 0 Å². The van der Waals surface area contributed by atoms with Gasteiger partial charge in [0.15, 0.2) is 17.5 Å². The Kier molecular flexibility index (Phi) is 11.4. The molecular weight excluding hydrogens is 469 g/mol. The van der Waals surface area contributed by atoms with Crippen molar-refractivity contribution < 1.29 is 9.47 Å². The van der Waals surface area contributed by atoms with E-state index in [0.29, 0.717) is 13.2 Å². The smallest absolute Gasteiger partial charge is 0.191 e. The Balaban J connectivity index is 0.00000392. The van der Waals surface area contributed by atoms with E-state index in [1.54, 1.807) is 11.8 Å². The molecule has 0 atom stereocenters. The zero-order valence-electron chi connectivity index (χ0n) is 17.2. The molecule has 0 fully saturated rings. The first kappa shape index (κ1) is 24.1. The number of benzene rings is 1. The molecule has 0 aliphatic rings. The molecule has 0 saturated heterocycles. The zero-order valence-corrected chi connectivity index (χ0v) is 19.5. The van der Waals surface area contributed by atoms with Crippen LogP contribution in [-0.2, 0) is 20.0 Å². The Morgan fingerprint density at radius 2 is 2.00 bits per heavy atom. The van der Waals surface area contributed by atoms with Crippen molar-refractivity contribution in [1.82, 2.24) is 20.4 Å². The molecule has 2 aromatic rings. The molecule has 7 nitrogen and oxygen atoms in total. The van der Waals surface area contributed by atoms with Crippen LogP contribution in [-0.4, -0.2) is 42.5 Å². The lowest BCUT2D eigenvalue weighted by atomic mass is 10.1. The first-order chi connectivity index (χ1) is 13.2. The fourth-order valence-corrected chi connectivity index (χ4v) is 2.71. The van der Waals surface area contributed by atoms with Gasteiger partial charge in [0.1, 0.15) is 0 Å². The number of ether oxygens (including phenoxy) is 2. The summed E-state index contributed by atoms with van der Waals surface area (Å²) in [7, 11) is 3.57. The van der Waals surface area contributed by atoms with Gasteiger partial charge in [0.2, 0.25) is 0 Å². The number of rotatable bonds is 10. The van der Waals surface area contributed by atoms with Crippen LogP contribution < -0.4 is 20.1 Å². The van der Waals surface area contributed by atoms with Crippen molar-refractivity contribution >= 4 is 29.9 Å². The van der Waals surface area contributed by atoms with Crippen LogP contribution in [0.3, 0.4) is 0 Å². The molecule has 1 heterocycles. The van der Waals surface area contributed by atoms with Gasteiger partial charge in [0, 0.05) is 31.9 Å². The van der Waals surface area contributed by atoms with Gasteiger partial charge in [-0.3, -0.25) is 4.68 Å². The van der Waals surface area contributed by atoms with E-state index in [9.17, 15) is 0 Å². The number of hydrogen-bond acceptors (Lipinski definition) is 4. The molecule has 2 N–H and O–H groups in total. The van der Waals surface area contributed by atoms with E-state index < -0.39 is 0 Å². The predicted molar refractivity (Wildman–Crippen MR) is 124 cm³/mol. The van der Waals surface area contributed by atoms with Crippen molar-refractivity contribution in [1.29, 1.82) is 0 Å². The van der Waals surface area contributed by atoms with E-state index in [2.05, 4.69) is 39.8 Å². The van der Waals surface area contributed by atoms with E-state index in [0.717, 1.165) is 49.0 Å². The maximum absolute atomic E-state index is 5.64. The third-order valence-electron chi connectivity index (χ3n) is 3.98. The summed E-state index contributed by atoms with van der Waals surface area (Å²) in [6, 6.07) is 6.11. The molecule has 0 spiro atoms. The van der Waals surface area contributed by atoms with Gasteiger partial charge >= 0.3 is 0 Å². The van der Waals surface area contributed by atoms with Crippen LogP contribution in [0.2, 0.25) is 0 Å². The van der Waals surface area contributed by atoms with Gasteiger partial charge < -0.3 is 20.1 Å². The highest BCUT2D eigenvalue weighted by Crippen LogP contribution is 2.28. The number of aromatic nitrogens is 2. The Morgan fingerprint density at radius 1 is 1.18 bits per heavy atom. The van der Waals surface area contributed by atoms with E-state index in [1.807, 2.05) is 32.4 Å². The third kappa shape index (κ3) is 7.95. The van der Waals surface area contributed by atoms with E-state index >= 15 is 0 Å². The quantitative estimate of drug-likeness (QED) is 0.227. The molecule has 2 rings (SSSR count). The molecule has 0 bridgehead atoms. The summed E-state index contributed by atoms with van der Waals surface area (Å²) in [5, 5.41) is 10.8. The van der Waals surface area contributed by atoms with Crippen LogP contribution in [0.1, 0.15) is 31.4 Å². The fourth-order valence-electron chi connectivity index (χ4n) is 2.71. The summed E-state index contributed by atoms with van der Waals surface area (Å²) in [6.07, 6.45) is 5.77. The average molecular weight is 501 g/mol. The number of aliphatic imine (C=N–C) groups is 1. The molecule has 156 valence electrons. The number of hydrogen-bond donors (Lipinski definition) is 2. The molecule has 1 aromatic carbocycles. The van der Waals surface area contributed by atoms with Gasteiger partial charge in [-0.25, -0.2) is 4.99 Å². The van der Waals surface area contributed by atoms with Crippen LogP contribution in [0, 0.1) is 0 Å². The van der Waals surface area contributed by atoms with Crippen LogP contribution >= 0.6 is 24.0 Å². The van der Waals surface area contributed by atoms with Crippen molar-refractivity contribution in [2.45, 2.75) is 33.2 Å². The molecule has 0 saturated carbocycles. The second kappa shape index (κ2) is 13.2. The summed E-state index contributed by atoms with van der Waals surface area (Å²) in [4.78, 5) is 4.61. The van der Waals surface area contributed by atoms with Crippen LogP contribution in [0.4, 0.5) is 0 Å². The van der Waals surface area contributed by atoms with Gasteiger partial charge in [-0.1, -0.05) is 6.07 Å². The average Bonchev–Trinajstić information content (AvgIpc) is 3.09. The minimum Gasteiger partial charge on any atom is -0.493 e. The predicted octanol–water partition coefficient (Wildman–Crippen LogP) is 3.13. The van der Waals surface area contributed by atoms with Gasteiger partial charge in [-0.2, -0.15) is 5.10 Å². The van der Waals surface area contributed by atoms with Crippen LogP contribution in [0.15, 0.2) is 35.6 Å². The molecule has 0 aliphatic carbocycles. The minimum atomic E-state index is 0. The first-order valence-electron chi connectivity index (χ1n) is 9.45. The van der Waals surface area contributed by atoms with Crippen molar-refractivity contribution in [3.8, 4) is 11.5 Å². The molecular formula is C20H32IN5O2. The number of nitrogens with one attached hydrogen (secondary N) is 2. The highest BCUT2D eigenvalue weighted by molar-refractivity contribution is 14.0. The van der Waals surface area contributed by atoms with Crippen LogP contribution in [0.25, 0.3) is 0 Å². The second-order valence-corrected chi connectivity index (χ2v) is 6.17. The third-order valence-corrected chi connectivity index (χ3v) is 3.98. The highest BCUT2D eigenvalue weighted by Gasteiger charge is 2.05. The van der Waals surface area contributed by atoms with E-state index in [-0.39, 0.29) is 24.0 Å². The van der Waals surface area contributed by atoms with Gasteiger partial charge in [0.25, 0.3) is 0 Å². The summed E-state index contributed by atoms with van der Waals surface area (Å²) in [5.74, 6) is 2.40. The molecule has 0 aliphatic heterocycles. The Morgan fingerprint density at radius 3 is 2.64 bits per heavy atom. The summed E-state index contributed by atoms with van der Waals surface area (Å²) in [6.45, 7) is 6.95. The molecule has 0 radical (unpaired) electrons. The monoisotopic (exact) mass is 501 g/mol. The largest absolute Gasteiger partial charge is 0.493 e. The second-order valence-electron chi connectivity index (χ2n) is 6.17.